The highest BCUT2D eigenvalue weighted by molar-refractivity contribution is 7.14. The maximum Gasteiger partial charge on any atom is 0.261 e. The summed E-state index contributed by atoms with van der Waals surface area (Å²) >= 11 is 1.40. The molecule has 1 aliphatic rings. The Hall–Kier alpha value is -2.71. The number of amides is 2. The third kappa shape index (κ3) is 3.90. The van der Waals surface area contributed by atoms with E-state index in [1.54, 1.807) is 6.20 Å². The minimum atomic E-state index is -0.518. The second kappa shape index (κ2) is 7.96. The summed E-state index contributed by atoms with van der Waals surface area (Å²) in [5.74, 6) is -0.166. The lowest BCUT2D eigenvalue weighted by molar-refractivity contribution is -0.136. The molecule has 8 heteroatoms. The van der Waals surface area contributed by atoms with Crippen LogP contribution < -0.4 is 10.6 Å². The molecule has 1 saturated heterocycles. The van der Waals surface area contributed by atoms with Crippen LogP contribution in [0.4, 0.5) is 0 Å². The van der Waals surface area contributed by atoms with E-state index in [4.69, 9.17) is 4.74 Å². The lowest BCUT2D eigenvalue weighted by Gasteiger charge is -2.41. The topological polar surface area (TPSA) is 84.7 Å². The Morgan fingerprint density at radius 2 is 2.14 bits per heavy atom. The Morgan fingerprint density at radius 1 is 1.31 bits per heavy atom. The van der Waals surface area contributed by atoms with E-state index in [2.05, 4.69) is 15.6 Å². The van der Waals surface area contributed by atoms with Gasteiger partial charge in [-0.2, -0.15) is 0 Å². The number of fused-ring (bicyclic) bond motifs is 1. The molecule has 2 N–H and O–H groups in total. The van der Waals surface area contributed by atoms with Crippen molar-refractivity contribution < 1.29 is 14.3 Å². The van der Waals surface area contributed by atoms with E-state index in [9.17, 15) is 9.59 Å². The predicted octanol–water partition coefficient (Wildman–Crippen LogP) is 2.71. The van der Waals surface area contributed by atoms with E-state index < -0.39 is 5.54 Å². The van der Waals surface area contributed by atoms with Gasteiger partial charge in [-0.25, -0.2) is 4.98 Å². The molecular formula is C21H24N4O3S. The largest absolute Gasteiger partial charge is 0.376 e. The number of imidazole rings is 1. The number of carbonyl (C=O) groups excluding carboxylic acids is 2. The van der Waals surface area contributed by atoms with E-state index in [0.29, 0.717) is 24.6 Å². The fourth-order valence-electron chi connectivity index (χ4n) is 3.18. The van der Waals surface area contributed by atoms with Crippen LogP contribution in [0.5, 0.6) is 0 Å². The van der Waals surface area contributed by atoms with Gasteiger partial charge in [0.15, 0.2) is 0 Å². The molecule has 3 aromatic heterocycles. The standard InChI is InChI=1S/C21H24N4O3S/c1-3-14(2)19(26)24-21(12-28-13-21)17-5-4-16(29-17)20(27)23-11-15-6-8-25-9-7-22-18(25)10-15/h4-10,14H,3,11-13H2,1-2H3,(H,23,27)(H,24,26)/t14-/m0/s1. The SMILES string of the molecule is CC[C@H](C)C(=O)NC1(c2ccc(C(=O)NCc3ccn4ccnc4c3)s2)COC1. The summed E-state index contributed by atoms with van der Waals surface area (Å²) in [5, 5.41) is 6.08. The van der Waals surface area contributed by atoms with Crippen LogP contribution in [0.3, 0.4) is 0 Å². The number of ether oxygens (including phenoxy) is 1. The van der Waals surface area contributed by atoms with Gasteiger partial charge < -0.3 is 19.8 Å². The van der Waals surface area contributed by atoms with Crippen LogP contribution in [0.15, 0.2) is 42.9 Å². The van der Waals surface area contributed by atoms with Gasteiger partial charge in [-0.1, -0.05) is 13.8 Å². The van der Waals surface area contributed by atoms with Crippen molar-refractivity contribution in [2.75, 3.05) is 13.2 Å². The number of hydrogen-bond acceptors (Lipinski definition) is 5. The lowest BCUT2D eigenvalue weighted by Crippen LogP contribution is -2.59. The summed E-state index contributed by atoms with van der Waals surface area (Å²) in [5.41, 5.74) is 1.31. The average Bonchev–Trinajstić information content (AvgIpc) is 3.37. The monoisotopic (exact) mass is 412 g/mol. The molecule has 0 saturated carbocycles. The number of aromatic nitrogens is 2. The summed E-state index contributed by atoms with van der Waals surface area (Å²) in [4.78, 5) is 30.8. The Labute approximate surface area is 173 Å². The van der Waals surface area contributed by atoms with Crippen molar-refractivity contribution >= 4 is 28.8 Å². The molecule has 4 rings (SSSR count). The van der Waals surface area contributed by atoms with Crippen molar-refractivity contribution in [3.05, 3.63) is 58.2 Å². The minimum Gasteiger partial charge on any atom is -0.376 e. The lowest BCUT2D eigenvalue weighted by atomic mass is 9.93. The van der Waals surface area contributed by atoms with Crippen molar-refractivity contribution in [2.24, 2.45) is 5.92 Å². The quantitative estimate of drug-likeness (QED) is 0.625. The number of rotatable bonds is 7. The normalized spacial score (nSPS) is 16.2. The van der Waals surface area contributed by atoms with Gasteiger partial charge in [0.25, 0.3) is 5.91 Å². The first kappa shape index (κ1) is 19.6. The van der Waals surface area contributed by atoms with Gasteiger partial charge >= 0.3 is 0 Å². The van der Waals surface area contributed by atoms with E-state index in [-0.39, 0.29) is 17.7 Å². The van der Waals surface area contributed by atoms with Gasteiger partial charge in [0.2, 0.25) is 5.91 Å². The fourth-order valence-corrected chi connectivity index (χ4v) is 4.21. The highest BCUT2D eigenvalue weighted by Crippen LogP contribution is 2.35. The Kier molecular flexibility index (Phi) is 5.38. The number of nitrogens with one attached hydrogen (secondary N) is 2. The zero-order valence-electron chi connectivity index (χ0n) is 16.5. The van der Waals surface area contributed by atoms with Gasteiger partial charge in [0.05, 0.1) is 18.1 Å². The van der Waals surface area contributed by atoms with Crippen molar-refractivity contribution in [3.8, 4) is 0 Å². The highest BCUT2D eigenvalue weighted by Gasteiger charge is 2.43. The molecule has 3 aromatic rings. The predicted molar refractivity (Wildman–Crippen MR) is 111 cm³/mol. The van der Waals surface area contributed by atoms with Crippen LogP contribution in [0, 0.1) is 5.92 Å². The van der Waals surface area contributed by atoms with Crippen LogP contribution in [0.2, 0.25) is 0 Å². The van der Waals surface area contributed by atoms with Crippen LogP contribution in [0.1, 0.15) is 40.4 Å². The van der Waals surface area contributed by atoms with Crippen molar-refractivity contribution in [1.29, 1.82) is 0 Å². The number of thiophene rings is 1. The van der Waals surface area contributed by atoms with Crippen LogP contribution in [-0.4, -0.2) is 34.4 Å². The number of hydrogen-bond donors (Lipinski definition) is 2. The van der Waals surface area contributed by atoms with E-state index >= 15 is 0 Å². The molecule has 0 spiro atoms. The smallest absolute Gasteiger partial charge is 0.261 e. The van der Waals surface area contributed by atoms with Crippen molar-refractivity contribution in [1.82, 2.24) is 20.0 Å². The maximum atomic E-state index is 12.6. The van der Waals surface area contributed by atoms with Crippen LogP contribution in [0.25, 0.3) is 5.65 Å². The first-order valence-corrected chi connectivity index (χ1v) is 10.5. The molecule has 2 amide bonds. The van der Waals surface area contributed by atoms with Gasteiger partial charge in [0, 0.05) is 35.9 Å². The molecule has 1 fully saturated rings. The van der Waals surface area contributed by atoms with E-state index in [1.165, 1.54) is 11.3 Å². The summed E-state index contributed by atoms with van der Waals surface area (Å²) in [7, 11) is 0. The van der Waals surface area contributed by atoms with Crippen molar-refractivity contribution in [2.45, 2.75) is 32.4 Å². The molecule has 0 aliphatic carbocycles. The second-order valence-corrected chi connectivity index (χ2v) is 8.53. The maximum absolute atomic E-state index is 12.6. The molecule has 29 heavy (non-hydrogen) atoms. The molecule has 1 aliphatic heterocycles. The Balaban J connectivity index is 1.42. The van der Waals surface area contributed by atoms with E-state index in [0.717, 1.165) is 22.5 Å². The van der Waals surface area contributed by atoms with Gasteiger partial charge in [0.1, 0.15) is 11.2 Å². The van der Waals surface area contributed by atoms with Gasteiger partial charge in [-0.15, -0.1) is 11.3 Å². The Morgan fingerprint density at radius 3 is 2.86 bits per heavy atom. The summed E-state index contributed by atoms with van der Waals surface area (Å²) < 4.78 is 7.32. The third-order valence-corrected chi connectivity index (χ3v) is 6.62. The molecule has 0 aromatic carbocycles. The fraction of sp³-hybridized carbons (Fsp3) is 0.381. The zero-order valence-corrected chi connectivity index (χ0v) is 17.3. The van der Waals surface area contributed by atoms with Gasteiger partial charge in [-0.05, 0) is 36.2 Å². The molecule has 0 radical (unpaired) electrons. The Bertz CT molecular complexity index is 1040. The molecule has 7 nitrogen and oxygen atoms in total. The molecule has 1 atom stereocenters. The summed E-state index contributed by atoms with van der Waals surface area (Å²) in [6.07, 6.45) is 6.33. The average molecular weight is 413 g/mol. The summed E-state index contributed by atoms with van der Waals surface area (Å²) in [6, 6.07) is 7.63. The minimum absolute atomic E-state index is 0.0181. The molecule has 4 heterocycles. The molecule has 0 bridgehead atoms. The number of carbonyl (C=O) groups is 2. The molecule has 152 valence electrons. The third-order valence-electron chi connectivity index (χ3n) is 5.34. The first-order valence-electron chi connectivity index (χ1n) is 9.70. The molecular weight excluding hydrogens is 388 g/mol. The summed E-state index contributed by atoms with van der Waals surface area (Å²) in [6.45, 7) is 5.19. The first-order chi connectivity index (χ1) is 14.0. The second-order valence-electron chi connectivity index (χ2n) is 7.45. The number of pyridine rings is 1. The number of nitrogens with zero attached hydrogens (tertiary/aromatic N) is 2. The molecule has 0 unspecified atom stereocenters. The van der Waals surface area contributed by atoms with Crippen LogP contribution >= 0.6 is 11.3 Å². The van der Waals surface area contributed by atoms with Gasteiger partial charge in [-0.3, -0.25) is 9.59 Å². The highest BCUT2D eigenvalue weighted by atomic mass is 32.1. The van der Waals surface area contributed by atoms with Crippen LogP contribution in [-0.2, 0) is 21.6 Å². The van der Waals surface area contributed by atoms with E-state index in [1.807, 2.05) is 54.9 Å². The van der Waals surface area contributed by atoms with Crippen molar-refractivity contribution in [3.63, 3.8) is 0 Å². The zero-order chi connectivity index (χ0) is 20.4.